The third-order valence-electron chi connectivity index (χ3n) is 5.33. The van der Waals surface area contributed by atoms with E-state index in [4.69, 9.17) is 0 Å². The molecule has 34 heavy (non-hydrogen) atoms. The maximum absolute atomic E-state index is 12.6. The van der Waals surface area contributed by atoms with Crippen LogP contribution in [0, 0.1) is 10.1 Å². The van der Waals surface area contributed by atoms with E-state index in [-0.39, 0.29) is 35.7 Å². The minimum absolute atomic E-state index is 0.0595. The average Bonchev–Trinajstić information content (AvgIpc) is 3.37. The molecule has 0 aliphatic carbocycles. The Kier molecular flexibility index (Phi) is 7.13. The molecule has 1 aliphatic rings. The highest BCUT2D eigenvalue weighted by atomic mass is 79.9. The normalized spacial score (nSPS) is 12.7. The molecule has 0 saturated carbocycles. The second-order valence-electron chi connectivity index (χ2n) is 7.63. The van der Waals surface area contributed by atoms with Gasteiger partial charge in [0, 0.05) is 34.4 Å². The van der Waals surface area contributed by atoms with E-state index in [2.05, 4.69) is 26.2 Å². The molecule has 0 unspecified atom stereocenters. The van der Waals surface area contributed by atoms with Crippen molar-refractivity contribution in [3.63, 3.8) is 0 Å². The number of imide groups is 1. The lowest BCUT2D eigenvalue weighted by atomic mass is 10.1. The Bertz CT molecular complexity index is 1290. The van der Waals surface area contributed by atoms with Gasteiger partial charge in [0.05, 0.1) is 16.2 Å². The quantitative estimate of drug-likeness (QED) is 0.170. The molecule has 11 heteroatoms. The second-order valence-corrected chi connectivity index (χ2v) is 9.40. The average molecular weight is 543 g/mol. The van der Waals surface area contributed by atoms with Crippen LogP contribution in [-0.2, 0) is 4.79 Å². The van der Waals surface area contributed by atoms with Crippen LogP contribution in [0.25, 0.3) is 11.3 Å². The van der Waals surface area contributed by atoms with Gasteiger partial charge in [0.25, 0.3) is 17.5 Å². The maximum Gasteiger partial charge on any atom is 0.282 e. The molecule has 0 atom stereocenters. The van der Waals surface area contributed by atoms with Crippen LogP contribution in [0.4, 0.5) is 10.8 Å². The lowest BCUT2D eigenvalue weighted by Crippen LogP contribution is -2.30. The Labute approximate surface area is 207 Å². The van der Waals surface area contributed by atoms with Gasteiger partial charge in [-0.3, -0.25) is 29.4 Å². The minimum Gasteiger partial charge on any atom is -0.302 e. The van der Waals surface area contributed by atoms with Crippen LogP contribution in [0.2, 0.25) is 0 Å². The number of carbonyl (C=O) groups excluding carboxylic acids is 3. The predicted octanol–water partition coefficient (Wildman–Crippen LogP) is 5.28. The third-order valence-corrected chi connectivity index (χ3v) is 6.58. The monoisotopic (exact) mass is 542 g/mol. The number of amides is 3. The van der Waals surface area contributed by atoms with E-state index < -0.39 is 16.7 Å². The first-order valence-corrected chi connectivity index (χ1v) is 12.2. The maximum atomic E-state index is 12.6. The molecule has 1 aromatic heterocycles. The number of nitrogens with zero attached hydrogens (tertiary/aromatic N) is 3. The molecule has 0 spiro atoms. The Hall–Kier alpha value is -3.44. The number of fused-ring (bicyclic) bond motifs is 1. The van der Waals surface area contributed by atoms with Crippen LogP contribution in [-0.4, -0.2) is 39.1 Å². The minimum atomic E-state index is -0.656. The first-order valence-electron chi connectivity index (χ1n) is 10.5. The summed E-state index contributed by atoms with van der Waals surface area (Å²) >= 11 is 4.78. The lowest BCUT2D eigenvalue weighted by Gasteiger charge is -2.13. The van der Waals surface area contributed by atoms with Crippen LogP contribution in [0.3, 0.4) is 0 Å². The van der Waals surface area contributed by atoms with Gasteiger partial charge in [-0.15, -0.1) is 11.3 Å². The molecular weight excluding hydrogens is 524 g/mol. The zero-order chi connectivity index (χ0) is 24.2. The van der Waals surface area contributed by atoms with E-state index in [9.17, 15) is 24.5 Å². The Morgan fingerprint density at radius 2 is 1.91 bits per heavy atom. The molecule has 0 bridgehead atoms. The molecule has 0 fully saturated rings. The highest BCUT2D eigenvalue weighted by Gasteiger charge is 2.40. The summed E-state index contributed by atoms with van der Waals surface area (Å²) in [6.45, 7) is 0.146. The van der Waals surface area contributed by atoms with Crippen molar-refractivity contribution in [2.45, 2.75) is 25.7 Å². The number of benzene rings is 2. The summed E-state index contributed by atoms with van der Waals surface area (Å²) in [5, 5.41) is 16.4. The van der Waals surface area contributed by atoms with E-state index in [1.165, 1.54) is 29.5 Å². The van der Waals surface area contributed by atoms with E-state index in [1.54, 1.807) is 0 Å². The number of hydrogen-bond acceptors (Lipinski definition) is 7. The summed E-state index contributed by atoms with van der Waals surface area (Å²) in [6.07, 6.45) is 1.96. The number of unbranched alkanes of at least 4 members (excludes halogenated alkanes) is 2. The molecule has 9 nitrogen and oxygen atoms in total. The van der Waals surface area contributed by atoms with E-state index in [0.717, 1.165) is 20.6 Å². The summed E-state index contributed by atoms with van der Waals surface area (Å²) < 4.78 is 0.947. The second kappa shape index (κ2) is 10.2. The molecule has 4 rings (SSSR count). The van der Waals surface area contributed by atoms with Crippen molar-refractivity contribution >= 4 is 55.8 Å². The molecule has 1 N–H and O–H groups in total. The summed E-state index contributed by atoms with van der Waals surface area (Å²) in [7, 11) is 0. The van der Waals surface area contributed by atoms with Crippen LogP contribution >= 0.6 is 27.3 Å². The summed E-state index contributed by atoms with van der Waals surface area (Å²) in [5.74, 6) is -1.33. The largest absolute Gasteiger partial charge is 0.302 e. The van der Waals surface area contributed by atoms with Gasteiger partial charge in [-0.1, -0.05) is 40.5 Å². The van der Waals surface area contributed by atoms with Gasteiger partial charge in [-0.25, -0.2) is 4.98 Å². The van der Waals surface area contributed by atoms with Gasteiger partial charge in [0.2, 0.25) is 5.91 Å². The summed E-state index contributed by atoms with van der Waals surface area (Å²) in [5.41, 5.74) is 1.28. The number of halogens is 1. The molecule has 2 aromatic carbocycles. The molecule has 0 saturated heterocycles. The summed E-state index contributed by atoms with van der Waals surface area (Å²) in [4.78, 5) is 53.3. The van der Waals surface area contributed by atoms with E-state index in [0.29, 0.717) is 24.4 Å². The number of nitro benzene ring substituents is 1. The number of thiazole rings is 1. The highest BCUT2D eigenvalue weighted by molar-refractivity contribution is 9.10. The Morgan fingerprint density at radius 3 is 2.68 bits per heavy atom. The molecular formula is C23H19BrN4O5S. The first kappa shape index (κ1) is 23.7. The van der Waals surface area contributed by atoms with Crippen molar-refractivity contribution in [3.05, 3.63) is 73.6 Å². The molecule has 2 heterocycles. The number of rotatable bonds is 9. The van der Waals surface area contributed by atoms with Crippen LogP contribution in [0.5, 0.6) is 0 Å². The van der Waals surface area contributed by atoms with Gasteiger partial charge < -0.3 is 5.32 Å². The fourth-order valence-corrected chi connectivity index (χ4v) is 4.83. The number of nitro groups is 1. The number of hydrogen-bond donors (Lipinski definition) is 1. The number of aromatic nitrogens is 1. The van der Waals surface area contributed by atoms with Gasteiger partial charge in [0.15, 0.2) is 5.13 Å². The Morgan fingerprint density at radius 1 is 1.12 bits per heavy atom. The molecule has 174 valence electrons. The third kappa shape index (κ3) is 5.05. The van der Waals surface area contributed by atoms with Crippen molar-refractivity contribution in [2.24, 2.45) is 0 Å². The SMILES string of the molecule is O=C(CCCCCN1C(=O)c2cccc([N+](=O)[O-])c2C1=O)Nc1nc(-c2cccc(Br)c2)cs1. The summed E-state index contributed by atoms with van der Waals surface area (Å²) in [6, 6.07) is 11.8. The number of carbonyl (C=O) groups is 3. The van der Waals surface area contributed by atoms with Gasteiger partial charge in [0.1, 0.15) is 5.56 Å². The van der Waals surface area contributed by atoms with Crippen molar-refractivity contribution < 1.29 is 19.3 Å². The lowest BCUT2D eigenvalue weighted by molar-refractivity contribution is -0.385. The van der Waals surface area contributed by atoms with Gasteiger partial charge >= 0.3 is 0 Å². The highest BCUT2D eigenvalue weighted by Crippen LogP contribution is 2.31. The Balaban J connectivity index is 1.23. The van der Waals surface area contributed by atoms with Gasteiger partial charge in [-0.05, 0) is 31.0 Å². The van der Waals surface area contributed by atoms with Crippen LogP contribution in [0.15, 0.2) is 52.3 Å². The zero-order valence-electron chi connectivity index (χ0n) is 17.8. The molecule has 3 amide bonds. The van der Waals surface area contributed by atoms with E-state index in [1.807, 2.05) is 29.6 Å². The molecule has 3 aromatic rings. The van der Waals surface area contributed by atoms with Crippen LogP contribution in [0.1, 0.15) is 46.4 Å². The zero-order valence-corrected chi connectivity index (χ0v) is 20.2. The van der Waals surface area contributed by atoms with Crippen molar-refractivity contribution in [1.29, 1.82) is 0 Å². The fourth-order valence-electron chi connectivity index (χ4n) is 3.70. The predicted molar refractivity (Wildman–Crippen MR) is 131 cm³/mol. The number of nitrogens with one attached hydrogen (secondary N) is 1. The fraction of sp³-hybridized carbons (Fsp3) is 0.217. The topological polar surface area (TPSA) is 123 Å². The van der Waals surface area contributed by atoms with Crippen molar-refractivity contribution in [1.82, 2.24) is 9.88 Å². The molecule has 1 aliphatic heterocycles. The smallest absolute Gasteiger partial charge is 0.282 e. The first-order chi connectivity index (χ1) is 16.3. The molecule has 0 radical (unpaired) electrons. The van der Waals surface area contributed by atoms with Crippen LogP contribution < -0.4 is 5.32 Å². The number of anilines is 1. The van der Waals surface area contributed by atoms with Crippen molar-refractivity contribution in [3.8, 4) is 11.3 Å². The van der Waals surface area contributed by atoms with E-state index >= 15 is 0 Å². The standard InChI is InChI=1S/C23H19BrN4O5S/c24-15-7-4-6-14(12-15)17-13-34-23(25-17)26-19(29)10-2-1-3-11-27-21(30)16-8-5-9-18(28(32)33)20(16)22(27)31/h4-9,12-13H,1-3,10-11H2,(H,25,26,29). The van der Waals surface area contributed by atoms with Crippen molar-refractivity contribution in [2.75, 3.05) is 11.9 Å². The van der Waals surface area contributed by atoms with Gasteiger partial charge in [-0.2, -0.15) is 0 Å².